The summed E-state index contributed by atoms with van der Waals surface area (Å²) >= 11 is 0. The molecule has 0 saturated heterocycles. The Hall–Kier alpha value is -1.56. The Morgan fingerprint density at radius 1 is 1.45 bits per heavy atom. The molecule has 6 heteroatoms. The van der Waals surface area contributed by atoms with Gasteiger partial charge in [-0.1, -0.05) is 11.6 Å². The van der Waals surface area contributed by atoms with E-state index >= 15 is 0 Å². The SMILES string of the molecule is Cc1noc(C)c1CCCNC(=O)N(C)CC1CCCC1O. The summed E-state index contributed by atoms with van der Waals surface area (Å²) in [5, 5.41) is 16.7. The van der Waals surface area contributed by atoms with Crippen molar-refractivity contribution in [1.82, 2.24) is 15.4 Å². The number of hydrogen-bond donors (Lipinski definition) is 2. The van der Waals surface area contributed by atoms with Gasteiger partial charge in [0.1, 0.15) is 5.76 Å². The van der Waals surface area contributed by atoms with Crippen molar-refractivity contribution in [3.05, 3.63) is 17.0 Å². The van der Waals surface area contributed by atoms with Crippen LogP contribution in [0.15, 0.2) is 4.52 Å². The minimum Gasteiger partial charge on any atom is -0.393 e. The second-order valence-corrected chi connectivity index (χ2v) is 6.28. The maximum atomic E-state index is 12.0. The van der Waals surface area contributed by atoms with Gasteiger partial charge in [-0.2, -0.15) is 0 Å². The summed E-state index contributed by atoms with van der Waals surface area (Å²) in [6.45, 7) is 5.09. The quantitative estimate of drug-likeness (QED) is 0.788. The van der Waals surface area contributed by atoms with E-state index in [9.17, 15) is 9.90 Å². The highest BCUT2D eigenvalue weighted by Crippen LogP contribution is 2.25. The Bertz CT molecular complexity index is 481. The number of amides is 2. The smallest absolute Gasteiger partial charge is 0.317 e. The number of aliphatic hydroxyl groups is 1. The van der Waals surface area contributed by atoms with Gasteiger partial charge in [0, 0.05) is 31.6 Å². The molecule has 22 heavy (non-hydrogen) atoms. The van der Waals surface area contributed by atoms with E-state index in [1.165, 1.54) is 0 Å². The number of rotatable bonds is 6. The van der Waals surface area contributed by atoms with Crippen molar-refractivity contribution in [2.45, 2.75) is 52.1 Å². The van der Waals surface area contributed by atoms with Crippen molar-refractivity contribution in [2.75, 3.05) is 20.1 Å². The van der Waals surface area contributed by atoms with Crippen LogP contribution in [0.2, 0.25) is 0 Å². The van der Waals surface area contributed by atoms with Crippen molar-refractivity contribution in [3.63, 3.8) is 0 Å². The molecule has 2 atom stereocenters. The molecule has 0 bridgehead atoms. The zero-order chi connectivity index (χ0) is 16.1. The van der Waals surface area contributed by atoms with Gasteiger partial charge in [0.15, 0.2) is 0 Å². The molecule has 2 rings (SSSR count). The molecule has 2 unspecified atom stereocenters. The van der Waals surface area contributed by atoms with Crippen LogP contribution in [0, 0.1) is 19.8 Å². The number of aliphatic hydroxyl groups excluding tert-OH is 1. The van der Waals surface area contributed by atoms with Gasteiger partial charge in [0.2, 0.25) is 0 Å². The molecule has 6 nitrogen and oxygen atoms in total. The fourth-order valence-corrected chi connectivity index (χ4v) is 3.12. The number of aromatic nitrogens is 1. The zero-order valence-corrected chi connectivity index (χ0v) is 13.8. The number of aryl methyl sites for hydroxylation is 2. The Morgan fingerprint density at radius 2 is 2.23 bits per heavy atom. The van der Waals surface area contributed by atoms with Crippen molar-refractivity contribution >= 4 is 6.03 Å². The summed E-state index contributed by atoms with van der Waals surface area (Å²) < 4.78 is 5.13. The third-order valence-electron chi connectivity index (χ3n) is 4.54. The minimum absolute atomic E-state index is 0.0714. The maximum Gasteiger partial charge on any atom is 0.317 e. The van der Waals surface area contributed by atoms with E-state index < -0.39 is 0 Å². The largest absolute Gasteiger partial charge is 0.393 e. The molecule has 124 valence electrons. The van der Waals surface area contributed by atoms with E-state index in [4.69, 9.17) is 4.52 Å². The van der Waals surface area contributed by atoms with E-state index in [-0.39, 0.29) is 18.1 Å². The molecule has 1 aromatic heterocycles. The lowest BCUT2D eigenvalue weighted by molar-refractivity contribution is 0.114. The average molecular weight is 309 g/mol. The fourth-order valence-electron chi connectivity index (χ4n) is 3.12. The molecule has 1 saturated carbocycles. The first-order chi connectivity index (χ1) is 10.5. The lowest BCUT2D eigenvalue weighted by atomic mass is 10.1. The van der Waals surface area contributed by atoms with Gasteiger partial charge in [0.05, 0.1) is 11.8 Å². The van der Waals surface area contributed by atoms with Gasteiger partial charge in [-0.3, -0.25) is 0 Å². The predicted molar refractivity (Wildman–Crippen MR) is 83.7 cm³/mol. The highest BCUT2D eigenvalue weighted by molar-refractivity contribution is 5.73. The molecule has 0 aromatic carbocycles. The Balaban J connectivity index is 1.67. The summed E-state index contributed by atoms with van der Waals surface area (Å²) in [6.07, 6.45) is 4.37. The molecular formula is C16H27N3O3. The van der Waals surface area contributed by atoms with Crippen LogP contribution < -0.4 is 5.32 Å². The highest BCUT2D eigenvalue weighted by Gasteiger charge is 2.27. The Labute approximate surface area is 131 Å². The van der Waals surface area contributed by atoms with Gasteiger partial charge in [-0.05, 0) is 39.5 Å². The number of carbonyl (C=O) groups is 1. The van der Waals surface area contributed by atoms with Crippen LogP contribution in [0.25, 0.3) is 0 Å². The summed E-state index contributed by atoms with van der Waals surface area (Å²) in [5.41, 5.74) is 2.06. The maximum absolute atomic E-state index is 12.0. The van der Waals surface area contributed by atoms with Crippen LogP contribution in [0.5, 0.6) is 0 Å². The summed E-state index contributed by atoms with van der Waals surface area (Å²) in [6, 6.07) is -0.0714. The number of urea groups is 1. The number of nitrogens with one attached hydrogen (secondary N) is 1. The summed E-state index contributed by atoms with van der Waals surface area (Å²) in [4.78, 5) is 13.7. The third-order valence-corrected chi connectivity index (χ3v) is 4.54. The van der Waals surface area contributed by atoms with Crippen molar-refractivity contribution in [1.29, 1.82) is 0 Å². The van der Waals surface area contributed by atoms with Gasteiger partial charge in [0.25, 0.3) is 0 Å². The second kappa shape index (κ2) is 7.63. The van der Waals surface area contributed by atoms with E-state index in [1.807, 2.05) is 13.8 Å². The zero-order valence-electron chi connectivity index (χ0n) is 13.8. The van der Waals surface area contributed by atoms with Gasteiger partial charge >= 0.3 is 6.03 Å². The molecule has 2 N–H and O–H groups in total. The predicted octanol–water partition coefficient (Wildman–Crippen LogP) is 2.03. The van der Waals surface area contributed by atoms with Crippen LogP contribution >= 0.6 is 0 Å². The topological polar surface area (TPSA) is 78.6 Å². The molecule has 1 fully saturated rings. The molecule has 2 amide bonds. The number of nitrogens with zero attached hydrogens (tertiary/aromatic N) is 2. The molecule has 0 radical (unpaired) electrons. The second-order valence-electron chi connectivity index (χ2n) is 6.28. The summed E-state index contributed by atoms with van der Waals surface area (Å²) in [7, 11) is 1.79. The molecule has 1 aliphatic carbocycles. The van der Waals surface area contributed by atoms with Crippen LogP contribution in [0.4, 0.5) is 4.79 Å². The van der Waals surface area contributed by atoms with E-state index in [0.717, 1.165) is 49.1 Å². The van der Waals surface area contributed by atoms with E-state index in [0.29, 0.717) is 13.1 Å². The number of hydrogen-bond acceptors (Lipinski definition) is 4. The van der Waals surface area contributed by atoms with Crippen molar-refractivity contribution in [2.24, 2.45) is 5.92 Å². The Kier molecular flexibility index (Phi) is 5.83. The van der Waals surface area contributed by atoms with Crippen LogP contribution in [0.1, 0.15) is 42.7 Å². The number of carbonyl (C=O) groups excluding carboxylic acids is 1. The van der Waals surface area contributed by atoms with Gasteiger partial charge < -0.3 is 19.8 Å². The first-order valence-electron chi connectivity index (χ1n) is 8.07. The van der Waals surface area contributed by atoms with Crippen molar-refractivity contribution < 1.29 is 14.4 Å². The normalized spacial score (nSPS) is 21.1. The van der Waals surface area contributed by atoms with E-state index in [2.05, 4.69) is 10.5 Å². The molecule has 0 aliphatic heterocycles. The standard InChI is InChI=1S/C16H27N3O3/c1-11-14(12(2)22-18-11)7-5-9-17-16(21)19(3)10-13-6-4-8-15(13)20/h13,15,20H,4-10H2,1-3H3,(H,17,21). The molecular weight excluding hydrogens is 282 g/mol. The first kappa shape index (κ1) is 16.8. The Morgan fingerprint density at radius 3 is 2.82 bits per heavy atom. The van der Waals surface area contributed by atoms with Crippen LogP contribution in [-0.4, -0.2) is 47.4 Å². The third kappa shape index (κ3) is 4.22. The molecule has 1 heterocycles. The molecule has 1 aromatic rings. The van der Waals surface area contributed by atoms with E-state index in [1.54, 1.807) is 11.9 Å². The lowest BCUT2D eigenvalue weighted by Gasteiger charge is -2.23. The fraction of sp³-hybridized carbons (Fsp3) is 0.750. The minimum atomic E-state index is -0.255. The summed E-state index contributed by atoms with van der Waals surface area (Å²) in [5.74, 6) is 1.08. The highest BCUT2D eigenvalue weighted by atomic mass is 16.5. The van der Waals surface area contributed by atoms with Gasteiger partial charge in [-0.25, -0.2) is 4.79 Å². The average Bonchev–Trinajstić information content (AvgIpc) is 3.02. The lowest BCUT2D eigenvalue weighted by Crippen LogP contribution is -2.41. The molecule has 0 spiro atoms. The van der Waals surface area contributed by atoms with Gasteiger partial charge in [-0.15, -0.1) is 0 Å². The van der Waals surface area contributed by atoms with Crippen molar-refractivity contribution in [3.8, 4) is 0 Å². The van der Waals surface area contributed by atoms with Crippen LogP contribution in [-0.2, 0) is 6.42 Å². The first-order valence-corrected chi connectivity index (χ1v) is 8.07. The van der Waals surface area contributed by atoms with Crippen LogP contribution in [0.3, 0.4) is 0 Å². The molecule has 1 aliphatic rings. The monoisotopic (exact) mass is 309 g/mol.